The summed E-state index contributed by atoms with van der Waals surface area (Å²) in [6, 6.07) is 38.0. The molecule has 0 atom stereocenters. The molecule has 0 saturated carbocycles. The number of carboxylic acids is 1. The molecule has 0 spiro atoms. The van der Waals surface area contributed by atoms with Crippen molar-refractivity contribution in [2.75, 3.05) is 0 Å². The van der Waals surface area contributed by atoms with Gasteiger partial charge in [-0.05, 0) is 71.8 Å². The summed E-state index contributed by atoms with van der Waals surface area (Å²) in [7, 11) is -8.28. The van der Waals surface area contributed by atoms with E-state index in [0.29, 0.717) is 22.5 Å². The summed E-state index contributed by atoms with van der Waals surface area (Å²) in [4.78, 5) is 64.6. The molecule has 0 bridgehead atoms. The van der Waals surface area contributed by atoms with Gasteiger partial charge in [0.15, 0.2) is 0 Å². The van der Waals surface area contributed by atoms with Crippen molar-refractivity contribution in [1.82, 2.24) is 19.9 Å². The number of sulfonamides is 2. The van der Waals surface area contributed by atoms with E-state index in [1.165, 1.54) is 56.1 Å². The Morgan fingerprint density at radius 2 is 0.760 bits per heavy atom. The second-order valence-corrected chi connectivity index (χ2v) is 16.8. The molecule has 0 aliphatic carbocycles. The minimum atomic E-state index is -4.14. The predicted octanol–water partition coefficient (Wildman–Crippen LogP) is 10.6. The average Bonchev–Trinajstić information content (AvgIpc) is 3.41. The van der Waals surface area contributed by atoms with Crippen molar-refractivity contribution in [1.29, 1.82) is 0 Å². The van der Waals surface area contributed by atoms with Crippen LogP contribution in [-0.4, -0.2) is 67.5 Å². The van der Waals surface area contributed by atoms with Crippen LogP contribution in [0.4, 0.5) is 37.3 Å². The molecule has 0 unspecified atom stereocenters. The van der Waals surface area contributed by atoms with Crippen LogP contribution in [0.15, 0.2) is 205 Å². The molecule has 4 heterocycles. The largest absolute Gasteiger partial charge is 0.265 e. The molecule has 0 aliphatic heterocycles. The Morgan fingerprint density at radius 1 is 0.480 bits per heavy atom. The van der Waals surface area contributed by atoms with Crippen LogP contribution in [0.2, 0.25) is 0 Å². The van der Waals surface area contributed by atoms with Crippen molar-refractivity contribution in [3.63, 3.8) is 0 Å². The number of pyridine rings is 4. The molecule has 1 N–H and O–H groups in total. The number of nitro benzene ring substituents is 2. The third-order valence-corrected chi connectivity index (χ3v) is 11.1. The first-order valence-electron chi connectivity index (χ1n) is 20.1. The van der Waals surface area contributed by atoms with E-state index in [9.17, 15) is 60.5 Å². The van der Waals surface area contributed by atoms with Gasteiger partial charge in [0.1, 0.15) is 32.4 Å². The second kappa shape index (κ2) is 31.7. The summed E-state index contributed by atoms with van der Waals surface area (Å²) in [5.41, 5.74) is 0.639. The monoisotopic (exact) mass is 1250 g/mol. The molecule has 29 heteroatoms. The smallest absolute Gasteiger partial charge is 0.0267 e. The van der Waals surface area contributed by atoms with Crippen LogP contribution < -0.4 is 0 Å². The molecule has 4 aromatic carbocycles. The Morgan fingerprint density at radius 3 is 0.987 bits per heavy atom. The van der Waals surface area contributed by atoms with E-state index >= 15 is 0 Å². The van der Waals surface area contributed by atoms with Crippen LogP contribution in [-0.2, 0) is 65.0 Å². The number of benzene rings is 4. The number of rotatable bonds is 12. The molecule has 8 rings (SSSR count). The van der Waals surface area contributed by atoms with E-state index in [1.807, 2.05) is 36.4 Å². The third kappa shape index (κ3) is 21.1. The van der Waals surface area contributed by atoms with E-state index in [1.54, 1.807) is 61.2 Å². The van der Waals surface area contributed by atoms with Crippen LogP contribution in [0.1, 0.15) is 6.92 Å². The number of carbonyl (C=O) groups is 1. The molecule has 0 aliphatic rings. The first-order valence-corrected chi connectivity index (χ1v) is 23.6. The van der Waals surface area contributed by atoms with E-state index in [-0.39, 0.29) is 64.3 Å². The zero-order valence-corrected chi connectivity index (χ0v) is 42.8. The summed E-state index contributed by atoms with van der Waals surface area (Å²) >= 11 is 1.25. The van der Waals surface area contributed by atoms with Gasteiger partial charge in [0, 0.05) is 88.5 Å². The van der Waals surface area contributed by atoms with Crippen LogP contribution in [0, 0.1) is 40.5 Å². The zero-order chi connectivity index (χ0) is 54.7. The molecular formula is C46H36FN10O14Pd2S2-. The molecule has 75 heavy (non-hydrogen) atoms. The number of nitrogens with zero attached hydrogens (tertiary/aromatic N) is 10. The van der Waals surface area contributed by atoms with Gasteiger partial charge >= 0.3 is 22.9 Å². The Kier molecular flexibility index (Phi) is 26.4. The summed E-state index contributed by atoms with van der Waals surface area (Å²) in [6.07, 6.45) is 9.13. The van der Waals surface area contributed by atoms with Crippen molar-refractivity contribution < 1.29 is 89.8 Å². The fourth-order valence-corrected chi connectivity index (χ4v) is 7.32. The zero-order valence-electron chi connectivity index (χ0n) is 38.0. The normalized spacial score (nSPS) is 9.92. The van der Waals surface area contributed by atoms with Crippen LogP contribution in [0.5, 0.6) is 0 Å². The van der Waals surface area contributed by atoms with Crippen molar-refractivity contribution in [2.45, 2.75) is 16.7 Å². The minimum Gasteiger partial charge on any atom is -0.265 e. The second-order valence-electron chi connectivity index (χ2n) is 13.6. The van der Waals surface area contributed by atoms with E-state index in [4.69, 9.17) is 9.90 Å². The molecule has 0 fully saturated rings. The third-order valence-electron chi connectivity index (χ3n) is 8.54. The van der Waals surface area contributed by atoms with Gasteiger partial charge in [-0.3, -0.25) is 55.2 Å². The Bertz CT molecular complexity index is 3050. The topological polar surface area (TPSA) is 358 Å². The summed E-state index contributed by atoms with van der Waals surface area (Å²) in [6.45, 7) is 1.08. The number of non-ortho nitro benzene ring substituents is 2. The molecular weight excluding hydrogens is 1210 g/mol. The van der Waals surface area contributed by atoms with Gasteiger partial charge in [-0.2, -0.15) is 0 Å². The van der Waals surface area contributed by atoms with Gasteiger partial charge < -0.3 is 14.6 Å². The first kappa shape index (κ1) is 62.4. The van der Waals surface area contributed by atoms with Crippen molar-refractivity contribution in [3.05, 3.63) is 245 Å². The van der Waals surface area contributed by atoms with Gasteiger partial charge in [0.2, 0.25) is 0 Å². The average molecular weight is 1250 g/mol. The van der Waals surface area contributed by atoms with Crippen molar-refractivity contribution in [2.24, 2.45) is 0 Å². The Labute approximate surface area is 451 Å². The molecule has 0 radical (unpaired) electrons. The van der Waals surface area contributed by atoms with Crippen LogP contribution in [0.25, 0.3) is 32.0 Å². The maximum Gasteiger partial charge on any atom is 0.0267 e. The summed E-state index contributed by atoms with van der Waals surface area (Å²) in [5.74, 6) is -0.833. The fraction of sp³-hybridized carbons (Fsp3) is 0.0217. The van der Waals surface area contributed by atoms with E-state index in [2.05, 4.69) is 29.4 Å². The van der Waals surface area contributed by atoms with Gasteiger partial charge in [0.25, 0.3) is 28.7 Å². The van der Waals surface area contributed by atoms with E-state index < -0.39 is 45.7 Å². The molecule has 0 amide bonds. The minimum absolute atomic E-state index is 0. The molecule has 394 valence electrons. The molecule has 4 aromatic heterocycles. The van der Waals surface area contributed by atoms with E-state index in [0.717, 1.165) is 67.8 Å². The molecule has 8 aromatic rings. The molecule has 24 nitrogen and oxygen atoms in total. The first-order chi connectivity index (χ1) is 35.3. The number of halogens is 1. The Balaban J connectivity index is 0.000000382. The number of aromatic nitrogens is 4. The van der Waals surface area contributed by atoms with Gasteiger partial charge in [-0.15, -0.1) is 11.4 Å². The maximum absolute atomic E-state index is 12.6. The number of carboxylic acid groups (broad SMARTS) is 1. The number of nitro groups is 4. The van der Waals surface area contributed by atoms with Gasteiger partial charge in [-0.1, -0.05) is 60.7 Å². The van der Waals surface area contributed by atoms with Crippen LogP contribution >= 0.6 is 0 Å². The van der Waals surface area contributed by atoms with Gasteiger partial charge in [0.05, 0.1) is 40.9 Å². The van der Waals surface area contributed by atoms with Crippen molar-refractivity contribution >= 4 is 60.1 Å². The maximum atomic E-state index is 12.6. The van der Waals surface area contributed by atoms with Crippen molar-refractivity contribution in [3.8, 4) is 22.5 Å². The molecule has 0 saturated heterocycles. The number of aliphatic carboxylic acids is 1. The number of hydrogen-bond acceptors (Lipinski definition) is 17. The Hall–Kier alpha value is -8.70. The predicted molar refractivity (Wildman–Crippen MR) is 262 cm³/mol. The number of hydrogen-bond donors (Lipinski definition) is 1. The quantitative estimate of drug-likeness (QED) is 0.0674. The fourth-order valence-electron chi connectivity index (χ4n) is 5.32. The summed E-state index contributed by atoms with van der Waals surface area (Å²) < 4.78 is 67.2. The van der Waals surface area contributed by atoms with Gasteiger partial charge in [-0.25, -0.2) is 26.8 Å². The van der Waals surface area contributed by atoms with Crippen LogP contribution in [0.3, 0.4) is 0 Å². The standard InChI is InChI=1S/2C17H11N4O6S.2C5H5N.C2H4O2.FH.2Pd/c2*22-20(23)12-5-8-14(9-6-12)28(26,27)19-17-4-2-1-3-15(17)16-10-7-13(11-18-16)21(24)25;2*1-2-4-6-5-3-1;1-2(3)4;;;/h2*1-11H;2*1-5H;1H3,(H,3,4);1H;;/q2*-1;;;;;;+2/p-1. The summed E-state index contributed by atoms with van der Waals surface area (Å²) in [5, 5.41) is 50.3. The SMILES string of the molecule is CC(=O)O.O=[N+]([O-])c1ccc(S(=O)(=O)[N-]c2ccccc2-c2ccc([N+](=O)[O-])cn2)cc1.O=[N+]([O-])c1ccc(S(=O)(=O)[N-]c2ccccc2-c2ccc([N+](=O)[O-])cn2)cc1.[F][Pd+].[Pd].c1ccncc1.c1ccncc1.